The fraction of sp³-hybridized carbons (Fsp3) is 0.417. The fourth-order valence-electron chi connectivity index (χ4n) is 2.39. The van der Waals surface area contributed by atoms with E-state index in [4.69, 9.17) is 0 Å². The van der Waals surface area contributed by atoms with E-state index in [9.17, 15) is 4.39 Å². The van der Waals surface area contributed by atoms with Crippen LogP contribution in [0.3, 0.4) is 0 Å². The largest absolute Gasteiger partial charge is 0.317 e. The summed E-state index contributed by atoms with van der Waals surface area (Å²) in [6.07, 6.45) is 5.61. The molecule has 3 heterocycles. The average Bonchev–Trinajstić information content (AvgIpc) is 2.73. The minimum absolute atomic E-state index is 0.208. The summed E-state index contributed by atoms with van der Waals surface area (Å²) in [7, 11) is 0. The molecule has 84 valence electrons. The van der Waals surface area contributed by atoms with Crippen molar-refractivity contribution in [2.75, 3.05) is 13.1 Å². The Labute approximate surface area is 93.3 Å². The van der Waals surface area contributed by atoms with Crippen LogP contribution in [0.15, 0.2) is 24.5 Å². The number of rotatable bonds is 1. The van der Waals surface area contributed by atoms with Crippen molar-refractivity contribution in [3.05, 3.63) is 36.0 Å². The van der Waals surface area contributed by atoms with Crippen molar-refractivity contribution in [1.82, 2.24) is 14.7 Å². The van der Waals surface area contributed by atoms with E-state index < -0.39 is 0 Å². The highest BCUT2D eigenvalue weighted by Crippen LogP contribution is 2.25. The van der Waals surface area contributed by atoms with Gasteiger partial charge in [0.1, 0.15) is 11.5 Å². The molecule has 3 rings (SSSR count). The number of hydrogen-bond acceptors (Lipinski definition) is 2. The highest BCUT2D eigenvalue weighted by Gasteiger charge is 2.18. The van der Waals surface area contributed by atoms with E-state index in [1.54, 1.807) is 6.07 Å². The van der Waals surface area contributed by atoms with Crippen LogP contribution in [0.5, 0.6) is 0 Å². The molecule has 0 amide bonds. The smallest absolute Gasteiger partial charge is 0.139 e. The number of pyridine rings is 1. The van der Waals surface area contributed by atoms with Crippen LogP contribution in [0.2, 0.25) is 0 Å². The summed E-state index contributed by atoms with van der Waals surface area (Å²) < 4.78 is 15.1. The minimum atomic E-state index is -0.208. The third-order valence-corrected chi connectivity index (χ3v) is 3.26. The number of halogens is 1. The second-order valence-electron chi connectivity index (χ2n) is 4.28. The second kappa shape index (κ2) is 3.87. The standard InChI is InChI=1S/C12H14FN3/c13-10-1-2-12-15-7-11(16(12)8-10)9-3-5-14-6-4-9/h1-2,7-9,14H,3-6H2. The van der Waals surface area contributed by atoms with Crippen LogP contribution in [-0.2, 0) is 0 Å². The summed E-state index contributed by atoms with van der Waals surface area (Å²) in [6.45, 7) is 2.07. The zero-order valence-electron chi connectivity index (χ0n) is 8.99. The molecule has 0 bridgehead atoms. The second-order valence-corrected chi connectivity index (χ2v) is 4.28. The molecular formula is C12H14FN3. The Hall–Kier alpha value is -1.42. The number of fused-ring (bicyclic) bond motifs is 1. The molecule has 1 N–H and O–H groups in total. The van der Waals surface area contributed by atoms with Gasteiger partial charge in [0.15, 0.2) is 0 Å². The number of piperidine rings is 1. The van der Waals surface area contributed by atoms with Crippen molar-refractivity contribution in [3.8, 4) is 0 Å². The molecule has 0 aliphatic carbocycles. The molecule has 0 saturated carbocycles. The Morgan fingerprint density at radius 1 is 1.31 bits per heavy atom. The van der Waals surface area contributed by atoms with Crippen molar-refractivity contribution < 1.29 is 4.39 Å². The molecule has 0 spiro atoms. The van der Waals surface area contributed by atoms with E-state index in [1.165, 1.54) is 12.3 Å². The van der Waals surface area contributed by atoms with Crippen LogP contribution in [0.1, 0.15) is 24.5 Å². The monoisotopic (exact) mass is 219 g/mol. The first-order valence-corrected chi connectivity index (χ1v) is 5.68. The van der Waals surface area contributed by atoms with Gasteiger partial charge in [-0.3, -0.25) is 0 Å². The zero-order chi connectivity index (χ0) is 11.0. The lowest BCUT2D eigenvalue weighted by molar-refractivity contribution is 0.451. The Morgan fingerprint density at radius 3 is 2.94 bits per heavy atom. The quantitative estimate of drug-likeness (QED) is 0.794. The maximum Gasteiger partial charge on any atom is 0.139 e. The fourth-order valence-corrected chi connectivity index (χ4v) is 2.39. The van der Waals surface area contributed by atoms with Gasteiger partial charge in [0.2, 0.25) is 0 Å². The minimum Gasteiger partial charge on any atom is -0.317 e. The maximum absolute atomic E-state index is 13.2. The Morgan fingerprint density at radius 2 is 2.12 bits per heavy atom. The Balaban J connectivity index is 2.05. The molecule has 2 aromatic rings. The van der Waals surface area contributed by atoms with Crippen molar-refractivity contribution >= 4 is 5.65 Å². The molecule has 3 nitrogen and oxygen atoms in total. The van der Waals surface area contributed by atoms with Gasteiger partial charge in [-0.05, 0) is 38.1 Å². The maximum atomic E-state index is 13.2. The molecule has 1 saturated heterocycles. The highest BCUT2D eigenvalue weighted by atomic mass is 19.1. The van der Waals surface area contributed by atoms with E-state index in [0.29, 0.717) is 5.92 Å². The van der Waals surface area contributed by atoms with E-state index in [2.05, 4.69) is 10.3 Å². The third-order valence-electron chi connectivity index (χ3n) is 3.26. The van der Waals surface area contributed by atoms with Crippen molar-refractivity contribution in [1.29, 1.82) is 0 Å². The molecule has 1 aliphatic rings. The van der Waals surface area contributed by atoms with Gasteiger partial charge in [-0.1, -0.05) is 0 Å². The molecule has 1 fully saturated rings. The molecule has 16 heavy (non-hydrogen) atoms. The first-order valence-electron chi connectivity index (χ1n) is 5.68. The van der Waals surface area contributed by atoms with Crippen molar-refractivity contribution in [3.63, 3.8) is 0 Å². The van der Waals surface area contributed by atoms with E-state index in [-0.39, 0.29) is 5.82 Å². The van der Waals surface area contributed by atoms with Gasteiger partial charge in [-0.15, -0.1) is 0 Å². The predicted octanol–water partition coefficient (Wildman–Crippen LogP) is 1.94. The van der Waals surface area contributed by atoms with Crippen LogP contribution >= 0.6 is 0 Å². The topological polar surface area (TPSA) is 29.3 Å². The number of imidazole rings is 1. The van der Waals surface area contributed by atoms with Gasteiger partial charge in [-0.25, -0.2) is 9.37 Å². The van der Waals surface area contributed by atoms with E-state index >= 15 is 0 Å². The number of nitrogens with one attached hydrogen (secondary N) is 1. The lowest BCUT2D eigenvalue weighted by Gasteiger charge is -2.22. The lowest BCUT2D eigenvalue weighted by atomic mass is 9.95. The van der Waals surface area contributed by atoms with Gasteiger partial charge >= 0.3 is 0 Å². The molecule has 0 unspecified atom stereocenters. The van der Waals surface area contributed by atoms with Crippen LogP contribution in [0.25, 0.3) is 5.65 Å². The molecule has 4 heteroatoms. The van der Waals surface area contributed by atoms with Gasteiger partial charge < -0.3 is 9.72 Å². The van der Waals surface area contributed by atoms with Crippen LogP contribution < -0.4 is 5.32 Å². The summed E-state index contributed by atoms with van der Waals surface area (Å²) in [6, 6.07) is 3.18. The summed E-state index contributed by atoms with van der Waals surface area (Å²) in [5, 5.41) is 3.33. The summed E-state index contributed by atoms with van der Waals surface area (Å²) in [5.74, 6) is 0.290. The molecule has 1 aliphatic heterocycles. The van der Waals surface area contributed by atoms with Crippen molar-refractivity contribution in [2.45, 2.75) is 18.8 Å². The number of hydrogen-bond donors (Lipinski definition) is 1. The van der Waals surface area contributed by atoms with Crippen LogP contribution in [0.4, 0.5) is 4.39 Å². The molecule has 0 atom stereocenters. The van der Waals surface area contributed by atoms with Crippen LogP contribution in [-0.4, -0.2) is 22.5 Å². The summed E-state index contributed by atoms with van der Waals surface area (Å²) >= 11 is 0. The van der Waals surface area contributed by atoms with Gasteiger partial charge in [0.05, 0.1) is 0 Å². The first kappa shape index (κ1) is 9.78. The predicted molar refractivity (Wildman–Crippen MR) is 60.0 cm³/mol. The molecular weight excluding hydrogens is 205 g/mol. The summed E-state index contributed by atoms with van der Waals surface area (Å²) in [5.41, 5.74) is 1.96. The van der Waals surface area contributed by atoms with Crippen LogP contribution in [0, 0.1) is 5.82 Å². The molecule has 0 radical (unpaired) electrons. The highest BCUT2D eigenvalue weighted by molar-refractivity contribution is 5.41. The summed E-state index contributed by atoms with van der Waals surface area (Å²) in [4.78, 5) is 4.31. The SMILES string of the molecule is Fc1ccc2ncc(C3CCNCC3)n2c1. The first-order chi connectivity index (χ1) is 7.84. The normalized spacial score (nSPS) is 18.1. The molecule has 2 aromatic heterocycles. The Bertz CT molecular complexity index is 500. The average molecular weight is 219 g/mol. The van der Waals surface area contributed by atoms with Gasteiger partial charge in [-0.2, -0.15) is 0 Å². The number of nitrogens with zero attached hydrogens (tertiary/aromatic N) is 2. The van der Waals surface area contributed by atoms with E-state index in [0.717, 1.165) is 37.3 Å². The lowest BCUT2D eigenvalue weighted by Crippen LogP contribution is -2.27. The molecule has 0 aromatic carbocycles. The van der Waals surface area contributed by atoms with Gasteiger partial charge in [0, 0.05) is 24.0 Å². The third kappa shape index (κ3) is 1.59. The zero-order valence-corrected chi connectivity index (χ0v) is 8.99. The Kier molecular flexibility index (Phi) is 2.36. The van der Waals surface area contributed by atoms with E-state index in [1.807, 2.05) is 10.6 Å². The van der Waals surface area contributed by atoms with Gasteiger partial charge in [0.25, 0.3) is 0 Å². The van der Waals surface area contributed by atoms with Crippen molar-refractivity contribution in [2.24, 2.45) is 0 Å². The number of aromatic nitrogens is 2.